The van der Waals surface area contributed by atoms with Crippen molar-refractivity contribution >= 4 is 17.6 Å². The minimum absolute atomic E-state index is 0.398. The van der Waals surface area contributed by atoms with Gasteiger partial charge in [0.2, 0.25) is 0 Å². The van der Waals surface area contributed by atoms with Crippen molar-refractivity contribution in [3.63, 3.8) is 0 Å². The highest BCUT2D eigenvalue weighted by Crippen LogP contribution is 2.31. The van der Waals surface area contributed by atoms with Gasteiger partial charge in [0.05, 0.1) is 0 Å². The summed E-state index contributed by atoms with van der Waals surface area (Å²) in [5, 5.41) is 3.46. The van der Waals surface area contributed by atoms with E-state index in [1.54, 1.807) is 0 Å². The van der Waals surface area contributed by atoms with Crippen molar-refractivity contribution in [1.82, 2.24) is 10.3 Å². The molecular formula is C17H29N3S. The third-order valence-corrected chi connectivity index (χ3v) is 5.22. The molecule has 3 nitrogen and oxygen atoms in total. The van der Waals surface area contributed by atoms with Crippen molar-refractivity contribution in [2.75, 3.05) is 30.3 Å². The van der Waals surface area contributed by atoms with E-state index in [0.29, 0.717) is 10.7 Å². The summed E-state index contributed by atoms with van der Waals surface area (Å²) in [6.45, 7) is 13.3. The standard InChI is InChI=1S/C17H29N3S/c1-14(2)11-18-12-15-5-6-16(19-13-15)20-8-7-17(3,4)21-10-9-20/h5-6,13-14,18H,7-12H2,1-4H3. The van der Waals surface area contributed by atoms with E-state index >= 15 is 0 Å². The van der Waals surface area contributed by atoms with Crippen LogP contribution in [-0.2, 0) is 6.54 Å². The molecule has 1 N–H and O–H groups in total. The van der Waals surface area contributed by atoms with Crippen molar-refractivity contribution in [2.24, 2.45) is 5.92 Å². The van der Waals surface area contributed by atoms with E-state index in [-0.39, 0.29) is 0 Å². The Morgan fingerprint density at radius 1 is 1.33 bits per heavy atom. The number of thioether (sulfide) groups is 1. The topological polar surface area (TPSA) is 28.2 Å². The maximum absolute atomic E-state index is 4.67. The van der Waals surface area contributed by atoms with Crippen LogP contribution in [0, 0.1) is 5.92 Å². The summed E-state index contributed by atoms with van der Waals surface area (Å²) in [7, 11) is 0. The van der Waals surface area contributed by atoms with Gasteiger partial charge in [-0.25, -0.2) is 4.98 Å². The molecule has 2 rings (SSSR count). The van der Waals surface area contributed by atoms with E-state index < -0.39 is 0 Å². The maximum atomic E-state index is 4.67. The van der Waals surface area contributed by atoms with Gasteiger partial charge in [0.1, 0.15) is 5.82 Å². The van der Waals surface area contributed by atoms with Crippen LogP contribution in [0.25, 0.3) is 0 Å². The maximum Gasteiger partial charge on any atom is 0.128 e. The third-order valence-electron chi connectivity index (χ3n) is 3.85. The summed E-state index contributed by atoms with van der Waals surface area (Å²) in [5.41, 5.74) is 1.27. The number of nitrogens with one attached hydrogen (secondary N) is 1. The van der Waals surface area contributed by atoms with Crippen molar-refractivity contribution in [2.45, 2.75) is 45.4 Å². The quantitative estimate of drug-likeness (QED) is 0.900. The first-order chi connectivity index (χ1) is 9.96. The lowest BCUT2D eigenvalue weighted by molar-refractivity contribution is 0.552. The Labute approximate surface area is 133 Å². The highest BCUT2D eigenvalue weighted by molar-refractivity contribution is 8.00. The minimum Gasteiger partial charge on any atom is -0.356 e. The second kappa shape index (κ2) is 7.50. The predicted octanol–water partition coefficient (Wildman–Crippen LogP) is 3.55. The highest BCUT2D eigenvalue weighted by atomic mass is 32.2. The molecule has 0 unspecified atom stereocenters. The van der Waals surface area contributed by atoms with Crippen LogP contribution in [-0.4, -0.2) is 35.1 Å². The molecule has 0 atom stereocenters. The Balaban J connectivity index is 1.89. The monoisotopic (exact) mass is 307 g/mol. The second-order valence-electron chi connectivity index (χ2n) is 6.89. The van der Waals surface area contributed by atoms with Crippen LogP contribution >= 0.6 is 11.8 Å². The van der Waals surface area contributed by atoms with E-state index in [1.807, 2.05) is 6.20 Å². The number of rotatable bonds is 5. The Kier molecular flexibility index (Phi) is 5.94. The molecule has 0 bridgehead atoms. The van der Waals surface area contributed by atoms with Gasteiger partial charge < -0.3 is 10.2 Å². The fourth-order valence-corrected chi connectivity index (χ4v) is 3.56. The SMILES string of the molecule is CC(C)CNCc1ccc(N2CCSC(C)(C)CC2)nc1. The van der Waals surface area contributed by atoms with E-state index in [9.17, 15) is 0 Å². The number of anilines is 1. The molecule has 1 aromatic rings. The lowest BCUT2D eigenvalue weighted by atomic mass is 10.1. The van der Waals surface area contributed by atoms with Crippen LogP contribution in [0.5, 0.6) is 0 Å². The Morgan fingerprint density at radius 3 is 2.81 bits per heavy atom. The molecule has 0 aromatic carbocycles. The predicted molar refractivity (Wildman–Crippen MR) is 94.1 cm³/mol. The fourth-order valence-electron chi connectivity index (χ4n) is 2.46. The van der Waals surface area contributed by atoms with Gasteiger partial charge in [0.15, 0.2) is 0 Å². The molecule has 1 aliphatic rings. The van der Waals surface area contributed by atoms with Crippen LogP contribution in [0.2, 0.25) is 0 Å². The van der Waals surface area contributed by atoms with Gasteiger partial charge in [-0.15, -0.1) is 0 Å². The van der Waals surface area contributed by atoms with Crippen molar-refractivity contribution in [3.8, 4) is 0 Å². The molecule has 1 fully saturated rings. The number of hydrogen-bond donors (Lipinski definition) is 1. The molecule has 0 amide bonds. The number of aromatic nitrogens is 1. The van der Waals surface area contributed by atoms with Crippen LogP contribution in [0.3, 0.4) is 0 Å². The van der Waals surface area contributed by atoms with Gasteiger partial charge in [-0.1, -0.05) is 33.8 Å². The molecule has 2 heterocycles. The zero-order valence-corrected chi connectivity index (χ0v) is 14.7. The Morgan fingerprint density at radius 2 is 2.14 bits per heavy atom. The highest BCUT2D eigenvalue weighted by Gasteiger charge is 2.24. The molecule has 0 spiro atoms. The number of nitrogens with zero attached hydrogens (tertiary/aromatic N) is 2. The molecule has 4 heteroatoms. The molecule has 0 aliphatic carbocycles. The summed E-state index contributed by atoms with van der Waals surface area (Å²) in [6.07, 6.45) is 3.24. The largest absolute Gasteiger partial charge is 0.356 e. The van der Waals surface area contributed by atoms with E-state index in [2.05, 4.69) is 66.8 Å². The van der Waals surface area contributed by atoms with Crippen molar-refractivity contribution < 1.29 is 0 Å². The van der Waals surface area contributed by atoms with E-state index in [0.717, 1.165) is 32.0 Å². The van der Waals surface area contributed by atoms with Gasteiger partial charge in [-0.3, -0.25) is 0 Å². The normalized spacial score (nSPS) is 18.8. The molecular weight excluding hydrogens is 278 g/mol. The smallest absolute Gasteiger partial charge is 0.128 e. The van der Waals surface area contributed by atoms with Crippen molar-refractivity contribution in [3.05, 3.63) is 23.9 Å². The van der Waals surface area contributed by atoms with Crippen LogP contribution in [0.1, 0.15) is 39.7 Å². The summed E-state index contributed by atoms with van der Waals surface area (Å²) < 4.78 is 0.398. The van der Waals surface area contributed by atoms with Gasteiger partial charge in [0.25, 0.3) is 0 Å². The average Bonchev–Trinajstić information content (AvgIpc) is 2.60. The first kappa shape index (κ1) is 16.6. The summed E-state index contributed by atoms with van der Waals surface area (Å²) in [6, 6.07) is 4.38. The van der Waals surface area contributed by atoms with Crippen LogP contribution < -0.4 is 10.2 Å². The number of hydrogen-bond acceptors (Lipinski definition) is 4. The molecule has 1 aromatic heterocycles. The minimum atomic E-state index is 0.398. The Hall–Kier alpha value is -0.740. The van der Waals surface area contributed by atoms with Gasteiger partial charge >= 0.3 is 0 Å². The first-order valence-electron chi connectivity index (χ1n) is 8.01. The molecule has 1 saturated heterocycles. The molecule has 21 heavy (non-hydrogen) atoms. The lowest BCUT2D eigenvalue weighted by Gasteiger charge is -2.23. The second-order valence-corrected chi connectivity index (χ2v) is 8.70. The molecule has 1 aliphatic heterocycles. The zero-order valence-electron chi connectivity index (χ0n) is 13.9. The van der Waals surface area contributed by atoms with Crippen molar-refractivity contribution in [1.29, 1.82) is 0 Å². The summed E-state index contributed by atoms with van der Waals surface area (Å²) >= 11 is 2.08. The summed E-state index contributed by atoms with van der Waals surface area (Å²) in [4.78, 5) is 7.09. The van der Waals surface area contributed by atoms with E-state index in [4.69, 9.17) is 0 Å². The molecule has 118 valence electrons. The lowest BCUT2D eigenvalue weighted by Crippen LogP contribution is -2.27. The third kappa shape index (κ3) is 5.51. The molecule has 0 radical (unpaired) electrons. The van der Waals surface area contributed by atoms with Gasteiger partial charge in [0, 0.05) is 36.3 Å². The van der Waals surface area contributed by atoms with Gasteiger partial charge in [-0.05, 0) is 30.5 Å². The molecule has 0 saturated carbocycles. The van der Waals surface area contributed by atoms with E-state index in [1.165, 1.54) is 17.7 Å². The average molecular weight is 308 g/mol. The summed E-state index contributed by atoms with van der Waals surface area (Å²) in [5.74, 6) is 3.00. The number of pyridine rings is 1. The van der Waals surface area contributed by atoms with Crippen LogP contribution in [0.15, 0.2) is 18.3 Å². The van der Waals surface area contributed by atoms with Gasteiger partial charge in [-0.2, -0.15) is 11.8 Å². The fraction of sp³-hybridized carbons (Fsp3) is 0.706. The van der Waals surface area contributed by atoms with Crippen LogP contribution in [0.4, 0.5) is 5.82 Å². The zero-order chi connectivity index (χ0) is 15.3. The Bertz CT molecular complexity index is 428. The first-order valence-corrected chi connectivity index (χ1v) is 8.99.